The van der Waals surface area contributed by atoms with Gasteiger partial charge >= 0.3 is 0 Å². The molecule has 20 heavy (non-hydrogen) atoms. The summed E-state index contributed by atoms with van der Waals surface area (Å²) in [6.45, 7) is 4.28. The van der Waals surface area contributed by atoms with E-state index >= 15 is 0 Å². The van der Waals surface area contributed by atoms with Crippen LogP contribution in [-0.2, 0) is 11.2 Å². The molecule has 0 aromatic heterocycles. The molecule has 2 aliphatic carbocycles. The number of hydrogen-bond acceptors (Lipinski definition) is 1. The molecular weight excluding hydrogens is 246 g/mol. The molecule has 2 aliphatic rings. The van der Waals surface area contributed by atoms with Crippen LogP contribution in [0, 0.1) is 17.8 Å². The minimum atomic E-state index is -0.111. The average Bonchev–Trinajstić information content (AvgIpc) is 3.04. The molecule has 0 bridgehead atoms. The molecule has 0 aliphatic heterocycles. The summed E-state index contributed by atoms with van der Waals surface area (Å²) in [6, 6.07) is 10.5. The van der Waals surface area contributed by atoms with Crippen molar-refractivity contribution >= 4 is 5.91 Å². The van der Waals surface area contributed by atoms with Gasteiger partial charge in [0.05, 0.1) is 0 Å². The average molecular weight is 271 g/mol. The van der Waals surface area contributed by atoms with Crippen LogP contribution in [0.3, 0.4) is 0 Å². The van der Waals surface area contributed by atoms with Crippen molar-refractivity contribution in [3.8, 4) is 0 Å². The second-order valence-corrected chi connectivity index (χ2v) is 7.28. The Morgan fingerprint density at radius 3 is 2.45 bits per heavy atom. The number of aryl methyl sites for hydroxylation is 1. The first kappa shape index (κ1) is 13.7. The van der Waals surface area contributed by atoms with Crippen LogP contribution in [0.4, 0.5) is 0 Å². The Morgan fingerprint density at radius 1 is 1.15 bits per heavy atom. The number of nitrogens with one attached hydrogen (secondary N) is 1. The molecule has 2 unspecified atom stereocenters. The molecule has 0 heterocycles. The van der Waals surface area contributed by atoms with Gasteiger partial charge in [0.1, 0.15) is 0 Å². The summed E-state index contributed by atoms with van der Waals surface area (Å²) in [5.74, 6) is 2.32. The lowest BCUT2D eigenvalue weighted by molar-refractivity contribution is -0.126. The van der Waals surface area contributed by atoms with Gasteiger partial charge in [-0.25, -0.2) is 0 Å². The highest BCUT2D eigenvalue weighted by Crippen LogP contribution is 2.54. The van der Waals surface area contributed by atoms with Crippen LogP contribution in [-0.4, -0.2) is 11.4 Å². The lowest BCUT2D eigenvalue weighted by atomic mass is 9.93. The Hall–Kier alpha value is -1.31. The summed E-state index contributed by atoms with van der Waals surface area (Å²) >= 11 is 0. The van der Waals surface area contributed by atoms with Crippen LogP contribution in [0.25, 0.3) is 0 Å². The highest BCUT2D eigenvalue weighted by Gasteiger charge is 2.48. The van der Waals surface area contributed by atoms with Crippen LogP contribution in [0.15, 0.2) is 30.3 Å². The molecule has 2 saturated carbocycles. The molecule has 1 aromatic carbocycles. The predicted octanol–water partition coefficient (Wildman–Crippen LogP) is 3.56. The number of fused-ring (bicyclic) bond motifs is 1. The summed E-state index contributed by atoms with van der Waals surface area (Å²) in [6.07, 6.45) is 5.64. The van der Waals surface area contributed by atoms with Crippen molar-refractivity contribution in [2.24, 2.45) is 17.8 Å². The number of amides is 1. The third kappa shape index (κ3) is 3.23. The Morgan fingerprint density at radius 2 is 1.80 bits per heavy atom. The van der Waals surface area contributed by atoms with Crippen molar-refractivity contribution in [3.05, 3.63) is 35.9 Å². The van der Waals surface area contributed by atoms with Crippen molar-refractivity contribution < 1.29 is 4.79 Å². The van der Waals surface area contributed by atoms with Gasteiger partial charge in [-0.2, -0.15) is 0 Å². The van der Waals surface area contributed by atoms with Gasteiger partial charge in [-0.1, -0.05) is 30.3 Å². The fourth-order valence-corrected chi connectivity index (χ4v) is 3.53. The third-order valence-corrected chi connectivity index (χ3v) is 4.96. The largest absolute Gasteiger partial charge is 0.351 e. The molecule has 0 radical (unpaired) electrons. The fraction of sp³-hybridized carbons (Fsp3) is 0.611. The molecule has 1 amide bonds. The van der Waals surface area contributed by atoms with E-state index in [9.17, 15) is 4.79 Å². The zero-order valence-corrected chi connectivity index (χ0v) is 12.6. The SMILES string of the molecule is CC(C)(CCc1ccccc1)NC(=O)C1CC2CC2C1. The summed E-state index contributed by atoms with van der Waals surface area (Å²) in [4.78, 5) is 12.3. The zero-order valence-electron chi connectivity index (χ0n) is 12.6. The summed E-state index contributed by atoms with van der Waals surface area (Å²) < 4.78 is 0. The molecular formula is C18H25NO. The van der Waals surface area contributed by atoms with Crippen LogP contribution < -0.4 is 5.32 Å². The predicted molar refractivity (Wildman–Crippen MR) is 81.3 cm³/mol. The van der Waals surface area contributed by atoms with Gasteiger partial charge in [-0.05, 0) is 63.4 Å². The highest BCUT2D eigenvalue weighted by atomic mass is 16.2. The Kier molecular flexibility index (Phi) is 3.57. The van der Waals surface area contributed by atoms with Crippen molar-refractivity contribution in [2.45, 2.75) is 51.5 Å². The molecule has 108 valence electrons. The second kappa shape index (κ2) is 5.23. The van der Waals surface area contributed by atoms with Gasteiger partial charge in [0, 0.05) is 11.5 Å². The van der Waals surface area contributed by atoms with Gasteiger partial charge < -0.3 is 5.32 Å². The monoisotopic (exact) mass is 271 g/mol. The van der Waals surface area contributed by atoms with Crippen molar-refractivity contribution in [3.63, 3.8) is 0 Å². The molecule has 1 aromatic rings. The Bertz CT molecular complexity index is 469. The number of carbonyl (C=O) groups is 1. The highest BCUT2D eigenvalue weighted by molar-refractivity contribution is 5.80. The van der Waals surface area contributed by atoms with E-state index in [1.54, 1.807) is 0 Å². The number of hydrogen-bond donors (Lipinski definition) is 1. The second-order valence-electron chi connectivity index (χ2n) is 7.28. The normalized spacial score (nSPS) is 28.0. The van der Waals surface area contributed by atoms with Crippen molar-refractivity contribution in [1.29, 1.82) is 0 Å². The molecule has 2 atom stereocenters. The maximum atomic E-state index is 12.3. The van der Waals surface area contributed by atoms with E-state index in [0.29, 0.717) is 0 Å². The smallest absolute Gasteiger partial charge is 0.223 e. The Labute approximate surface area is 122 Å². The van der Waals surface area contributed by atoms with Crippen LogP contribution >= 0.6 is 0 Å². The molecule has 1 N–H and O–H groups in total. The standard InChI is InChI=1S/C18H25NO/c1-18(2,9-8-13-6-4-3-5-7-13)19-17(20)16-11-14-10-15(14)12-16/h3-7,14-16H,8-12H2,1-2H3,(H,19,20). The van der Waals surface area contributed by atoms with Gasteiger partial charge in [0.2, 0.25) is 5.91 Å². The Balaban J connectivity index is 1.48. The zero-order chi connectivity index (χ0) is 14.2. The van der Waals surface area contributed by atoms with E-state index in [1.165, 1.54) is 12.0 Å². The third-order valence-electron chi connectivity index (χ3n) is 4.96. The number of rotatable bonds is 5. The van der Waals surface area contributed by atoms with Crippen molar-refractivity contribution in [2.75, 3.05) is 0 Å². The first-order chi connectivity index (χ1) is 9.53. The number of benzene rings is 1. The molecule has 2 heteroatoms. The van der Waals surface area contributed by atoms with Crippen LogP contribution in [0.1, 0.15) is 45.1 Å². The van der Waals surface area contributed by atoms with Crippen LogP contribution in [0.5, 0.6) is 0 Å². The molecule has 0 saturated heterocycles. The van der Waals surface area contributed by atoms with Gasteiger partial charge in [0.15, 0.2) is 0 Å². The minimum absolute atomic E-state index is 0.111. The molecule has 0 spiro atoms. The fourth-order valence-electron chi connectivity index (χ4n) is 3.53. The van der Waals surface area contributed by atoms with Crippen LogP contribution in [0.2, 0.25) is 0 Å². The first-order valence-electron chi connectivity index (χ1n) is 7.89. The topological polar surface area (TPSA) is 29.1 Å². The molecule has 2 nitrogen and oxygen atoms in total. The first-order valence-corrected chi connectivity index (χ1v) is 7.89. The van der Waals surface area contributed by atoms with E-state index in [0.717, 1.165) is 37.5 Å². The van der Waals surface area contributed by atoms with Gasteiger partial charge in [-0.15, -0.1) is 0 Å². The van der Waals surface area contributed by atoms with Crippen molar-refractivity contribution in [1.82, 2.24) is 5.32 Å². The van der Waals surface area contributed by atoms with E-state index in [1.807, 2.05) is 6.07 Å². The van der Waals surface area contributed by atoms with E-state index in [2.05, 4.69) is 43.4 Å². The maximum absolute atomic E-state index is 12.3. The van der Waals surface area contributed by atoms with Gasteiger partial charge in [-0.3, -0.25) is 4.79 Å². The lowest BCUT2D eigenvalue weighted by Gasteiger charge is -2.28. The number of carbonyl (C=O) groups excluding carboxylic acids is 1. The molecule has 2 fully saturated rings. The summed E-state index contributed by atoms with van der Waals surface area (Å²) in [5.41, 5.74) is 1.23. The quantitative estimate of drug-likeness (QED) is 0.871. The molecule has 3 rings (SSSR count). The van der Waals surface area contributed by atoms with E-state index < -0.39 is 0 Å². The maximum Gasteiger partial charge on any atom is 0.223 e. The van der Waals surface area contributed by atoms with Gasteiger partial charge in [0.25, 0.3) is 0 Å². The summed E-state index contributed by atoms with van der Waals surface area (Å²) in [5, 5.41) is 3.27. The summed E-state index contributed by atoms with van der Waals surface area (Å²) in [7, 11) is 0. The van der Waals surface area contributed by atoms with E-state index in [4.69, 9.17) is 0 Å². The minimum Gasteiger partial charge on any atom is -0.351 e. The lowest BCUT2D eigenvalue weighted by Crippen LogP contribution is -2.46. The van der Waals surface area contributed by atoms with E-state index in [-0.39, 0.29) is 17.4 Å².